The monoisotopic (exact) mass is 477 g/mol. The second-order valence-electron chi connectivity index (χ2n) is 8.85. The fraction of sp³-hybridized carbons (Fsp3) is 0.455. The number of methoxy groups -OCH3 is 3. The van der Waals surface area contributed by atoms with E-state index in [0.717, 1.165) is 16.5 Å². The molecule has 2 aromatic rings. The molecule has 0 aliphatic carbocycles. The maximum absolute atomic E-state index is 13.2. The number of thiophene rings is 1. The summed E-state index contributed by atoms with van der Waals surface area (Å²) in [6, 6.07) is 2.37. The third-order valence-electron chi connectivity index (χ3n) is 5.40. The lowest BCUT2D eigenvalue weighted by Gasteiger charge is -2.42. The van der Waals surface area contributed by atoms with Gasteiger partial charge in [-0.25, -0.2) is 4.79 Å². The molecule has 1 aromatic heterocycles. The van der Waals surface area contributed by atoms with Crippen LogP contribution >= 0.6 is 11.3 Å². The standard InChI is InChI=1S/C22H27N3O7S/c1-21(2)10-12-16(20(27)32-7)19(33-17(12)22(3,4)24-21)23-18(26)11-8-14(30-5)15(31-6)9-13(11)25(28)29/h8-9,24H,10H2,1-7H3,(H,23,26). The summed E-state index contributed by atoms with van der Waals surface area (Å²) < 4.78 is 15.3. The van der Waals surface area contributed by atoms with Crippen LogP contribution in [-0.2, 0) is 16.7 Å². The zero-order valence-corrected chi connectivity index (χ0v) is 20.4. The highest BCUT2D eigenvalue weighted by Crippen LogP contribution is 2.45. The van der Waals surface area contributed by atoms with Crippen LogP contribution in [0.5, 0.6) is 11.5 Å². The van der Waals surface area contributed by atoms with Crippen LogP contribution < -0.4 is 20.1 Å². The van der Waals surface area contributed by atoms with Gasteiger partial charge in [0.15, 0.2) is 11.5 Å². The fourth-order valence-electron chi connectivity index (χ4n) is 4.31. The first-order chi connectivity index (χ1) is 15.3. The minimum atomic E-state index is -0.753. The summed E-state index contributed by atoms with van der Waals surface area (Å²) in [5.41, 5.74) is -0.395. The number of nitrogens with one attached hydrogen (secondary N) is 2. The van der Waals surface area contributed by atoms with Gasteiger partial charge in [-0.3, -0.25) is 14.9 Å². The maximum Gasteiger partial charge on any atom is 0.341 e. The molecular formula is C22H27N3O7S. The Hall–Kier alpha value is -3.18. The molecule has 2 N–H and O–H groups in total. The van der Waals surface area contributed by atoms with Gasteiger partial charge >= 0.3 is 5.97 Å². The molecule has 0 saturated heterocycles. The van der Waals surface area contributed by atoms with Gasteiger partial charge in [-0.05, 0) is 39.7 Å². The summed E-state index contributed by atoms with van der Waals surface area (Å²) in [5, 5.41) is 18.2. The van der Waals surface area contributed by atoms with Crippen LogP contribution in [0.1, 0.15) is 58.9 Å². The number of benzene rings is 1. The van der Waals surface area contributed by atoms with Gasteiger partial charge in [0.2, 0.25) is 0 Å². The van der Waals surface area contributed by atoms with E-state index in [9.17, 15) is 19.7 Å². The lowest BCUT2D eigenvalue weighted by atomic mass is 9.81. The summed E-state index contributed by atoms with van der Waals surface area (Å²) in [7, 11) is 3.98. The molecule has 0 unspecified atom stereocenters. The number of rotatable bonds is 6. The van der Waals surface area contributed by atoms with Crippen molar-refractivity contribution < 1.29 is 28.7 Å². The molecule has 3 rings (SSSR count). The van der Waals surface area contributed by atoms with Crippen LogP contribution in [0.2, 0.25) is 0 Å². The first kappa shape index (κ1) is 24.5. The summed E-state index contributed by atoms with van der Waals surface area (Å²) in [5.74, 6) is -1.05. The van der Waals surface area contributed by atoms with E-state index < -0.39 is 28.0 Å². The van der Waals surface area contributed by atoms with E-state index in [2.05, 4.69) is 10.6 Å². The summed E-state index contributed by atoms with van der Waals surface area (Å²) >= 11 is 1.25. The number of amides is 1. The predicted octanol–water partition coefficient (Wildman–Crippen LogP) is 3.87. The van der Waals surface area contributed by atoms with E-state index in [1.807, 2.05) is 27.7 Å². The Morgan fingerprint density at radius 3 is 2.27 bits per heavy atom. The lowest BCUT2D eigenvalue weighted by molar-refractivity contribution is -0.385. The Morgan fingerprint density at radius 2 is 1.73 bits per heavy atom. The first-order valence-electron chi connectivity index (χ1n) is 10.1. The maximum atomic E-state index is 13.2. The van der Waals surface area contributed by atoms with Crippen molar-refractivity contribution in [3.8, 4) is 11.5 Å². The van der Waals surface area contributed by atoms with E-state index in [-0.39, 0.29) is 33.2 Å². The molecule has 33 heavy (non-hydrogen) atoms. The van der Waals surface area contributed by atoms with Gasteiger partial charge in [-0.15, -0.1) is 11.3 Å². The van der Waals surface area contributed by atoms with Crippen LogP contribution in [0.3, 0.4) is 0 Å². The van der Waals surface area contributed by atoms with E-state index in [0.29, 0.717) is 6.42 Å². The molecule has 0 spiro atoms. The number of hydrogen-bond donors (Lipinski definition) is 2. The Balaban J connectivity index is 2.13. The minimum Gasteiger partial charge on any atom is -0.493 e. The summed E-state index contributed by atoms with van der Waals surface area (Å²) in [6.07, 6.45) is 0.541. The van der Waals surface area contributed by atoms with Gasteiger partial charge in [0.05, 0.1) is 37.9 Å². The molecule has 1 aliphatic rings. The molecule has 0 saturated carbocycles. The van der Waals surface area contributed by atoms with E-state index in [1.54, 1.807) is 0 Å². The fourth-order valence-corrected chi connectivity index (χ4v) is 5.57. The van der Waals surface area contributed by atoms with E-state index >= 15 is 0 Å². The second kappa shape index (κ2) is 8.64. The molecule has 2 heterocycles. The molecule has 1 aliphatic heterocycles. The van der Waals surface area contributed by atoms with Crippen LogP contribution in [0.4, 0.5) is 10.7 Å². The Morgan fingerprint density at radius 1 is 1.12 bits per heavy atom. The number of nitro benzene ring substituents is 1. The number of nitrogens with zero attached hydrogens (tertiary/aromatic N) is 1. The molecule has 0 fully saturated rings. The number of carbonyl (C=O) groups is 2. The third kappa shape index (κ3) is 4.51. The number of carbonyl (C=O) groups excluding carboxylic acids is 2. The van der Waals surface area contributed by atoms with Crippen molar-refractivity contribution in [2.24, 2.45) is 0 Å². The van der Waals surface area contributed by atoms with Crippen molar-refractivity contribution in [3.05, 3.63) is 43.8 Å². The SMILES string of the molecule is COC(=O)c1c(NC(=O)c2cc(OC)c(OC)cc2[N+](=O)[O-])sc2c1CC(C)(C)NC2(C)C. The van der Waals surface area contributed by atoms with Gasteiger partial charge in [-0.2, -0.15) is 0 Å². The highest BCUT2D eigenvalue weighted by Gasteiger charge is 2.42. The average Bonchev–Trinajstić information content (AvgIpc) is 3.08. The number of esters is 1. The van der Waals surface area contributed by atoms with Crippen molar-refractivity contribution in [1.82, 2.24) is 5.32 Å². The van der Waals surface area contributed by atoms with Crippen molar-refractivity contribution >= 4 is 33.9 Å². The van der Waals surface area contributed by atoms with Crippen LogP contribution in [-0.4, -0.2) is 43.7 Å². The first-order valence-corrected chi connectivity index (χ1v) is 10.9. The predicted molar refractivity (Wildman–Crippen MR) is 124 cm³/mol. The third-order valence-corrected chi connectivity index (χ3v) is 6.88. The quantitative estimate of drug-likeness (QED) is 0.364. The van der Waals surface area contributed by atoms with Crippen LogP contribution in [0.25, 0.3) is 0 Å². The van der Waals surface area contributed by atoms with Gasteiger partial charge in [0.1, 0.15) is 10.6 Å². The Labute approximate surface area is 195 Å². The molecule has 1 amide bonds. The molecule has 11 heteroatoms. The molecule has 178 valence electrons. The van der Waals surface area contributed by atoms with Crippen LogP contribution in [0, 0.1) is 10.1 Å². The zero-order chi connectivity index (χ0) is 24.7. The molecule has 10 nitrogen and oxygen atoms in total. The van der Waals surface area contributed by atoms with E-state index in [4.69, 9.17) is 14.2 Å². The number of nitro groups is 1. The number of fused-ring (bicyclic) bond motifs is 1. The van der Waals surface area contributed by atoms with Crippen molar-refractivity contribution in [2.45, 2.75) is 45.2 Å². The van der Waals surface area contributed by atoms with Gasteiger partial charge < -0.3 is 24.8 Å². The largest absolute Gasteiger partial charge is 0.493 e. The normalized spacial score (nSPS) is 15.8. The minimum absolute atomic E-state index is 0.123. The Bertz CT molecular complexity index is 1140. The van der Waals surface area contributed by atoms with Crippen molar-refractivity contribution in [2.75, 3.05) is 26.6 Å². The smallest absolute Gasteiger partial charge is 0.341 e. The van der Waals surface area contributed by atoms with E-state index in [1.165, 1.54) is 38.7 Å². The molecule has 0 radical (unpaired) electrons. The molecular weight excluding hydrogens is 450 g/mol. The summed E-state index contributed by atoms with van der Waals surface area (Å²) in [4.78, 5) is 37.8. The highest BCUT2D eigenvalue weighted by atomic mass is 32.1. The zero-order valence-electron chi connectivity index (χ0n) is 19.6. The van der Waals surface area contributed by atoms with Gasteiger partial charge in [-0.1, -0.05) is 0 Å². The molecule has 0 bridgehead atoms. The van der Waals surface area contributed by atoms with Crippen molar-refractivity contribution in [1.29, 1.82) is 0 Å². The topological polar surface area (TPSA) is 129 Å². The molecule has 0 atom stereocenters. The average molecular weight is 478 g/mol. The number of hydrogen-bond acceptors (Lipinski definition) is 9. The second-order valence-corrected chi connectivity index (χ2v) is 9.87. The van der Waals surface area contributed by atoms with Crippen LogP contribution in [0.15, 0.2) is 12.1 Å². The van der Waals surface area contributed by atoms with Crippen molar-refractivity contribution in [3.63, 3.8) is 0 Å². The lowest BCUT2D eigenvalue weighted by Crippen LogP contribution is -2.55. The van der Waals surface area contributed by atoms with Gasteiger partial charge in [0.25, 0.3) is 11.6 Å². The Kier molecular flexibility index (Phi) is 6.40. The number of anilines is 1. The summed E-state index contributed by atoms with van der Waals surface area (Å²) in [6.45, 7) is 8.05. The van der Waals surface area contributed by atoms with Gasteiger partial charge in [0, 0.05) is 22.0 Å². The molecule has 1 aromatic carbocycles. The number of ether oxygens (including phenoxy) is 3. The highest BCUT2D eigenvalue weighted by molar-refractivity contribution is 7.17.